The smallest absolute Gasteiger partial charge is 0.323 e. The van der Waals surface area contributed by atoms with Gasteiger partial charge in [-0.2, -0.15) is 9.97 Å². The molecule has 236 valence electrons. The SMILES string of the molecule is CC(C)OC(=O)[C@@H](C)NP(=S)(OCCSC(=O)C(C)(C)C)OC[C@H]1O[C@@H](n2cnc3c(N)nc(N)nc32)C(Cl)(Cl)[C@@H]1O. The average Bonchev–Trinajstić information content (AvgIpc) is 3.37. The van der Waals surface area contributed by atoms with Crippen LogP contribution in [0.4, 0.5) is 11.8 Å². The van der Waals surface area contributed by atoms with E-state index in [1.165, 1.54) is 10.9 Å². The Hall–Kier alpha value is -1.33. The highest BCUT2D eigenvalue weighted by Crippen LogP contribution is 2.50. The van der Waals surface area contributed by atoms with Crippen LogP contribution in [0.15, 0.2) is 6.33 Å². The van der Waals surface area contributed by atoms with Gasteiger partial charge in [0.15, 0.2) is 27.1 Å². The summed E-state index contributed by atoms with van der Waals surface area (Å²) in [5.41, 5.74) is 11.5. The van der Waals surface area contributed by atoms with Crippen LogP contribution in [0, 0.1) is 5.41 Å². The molecule has 14 nitrogen and oxygen atoms in total. The molecule has 1 aliphatic heterocycles. The summed E-state index contributed by atoms with van der Waals surface area (Å²) < 4.78 is 22.6. The van der Waals surface area contributed by atoms with Crippen molar-refractivity contribution < 1.29 is 33.2 Å². The molecule has 5 atom stereocenters. The summed E-state index contributed by atoms with van der Waals surface area (Å²) in [5.74, 6) is -0.329. The molecule has 1 aliphatic rings. The van der Waals surface area contributed by atoms with E-state index < -0.39 is 46.8 Å². The van der Waals surface area contributed by atoms with Crippen molar-refractivity contribution in [3.05, 3.63) is 6.33 Å². The summed E-state index contributed by atoms with van der Waals surface area (Å²) in [6.07, 6.45) is -2.76. The molecular weight excluding hydrogens is 652 g/mol. The van der Waals surface area contributed by atoms with Crippen molar-refractivity contribution in [2.45, 2.75) is 76.5 Å². The second kappa shape index (κ2) is 13.8. The molecule has 19 heteroatoms. The van der Waals surface area contributed by atoms with E-state index in [9.17, 15) is 14.7 Å². The lowest BCUT2D eigenvalue weighted by atomic mass is 10.00. The summed E-state index contributed by atoms with van der Waals surface area (Å²) in [7, 11) is 0. The Balaban J connectivity index is 1.76. The van der Waals surface area contributed by atoms with Gasteiger partial charge in [-0.05, 0) is 32.6 Å². The number of alkyl halides is 2. The minimum Gasteiger partial charge on any atom is -0.462 e. The number of nitrogens with one attached hydrogen (secondary N) is 1. The summed E-state index contributed by atoms with van der Waals surface area (Å²) in [4.78, 5) is 37.0. The maximum absolute atomic E-state index is 12.5. The maximum atomic E-state index is 12.5. The molecular formula is C23H36Cl2N7O7PS2. The fourth-order valence-electron chi connectivity index (χ4n) is 3.65. The van der Waals surface area contributed by atoms with E-state index in [2.05, 4.69) is 20.0 Å². The predicted molar refractivity (Wildman–Crippen MR) is 165 cm³/mol. The van der Waals surface area contributed by atoms with Gasteiger partial charge in [-0.25, -0.2) is 10.1 Å². The normalized spacial score (nSPS) is 22.8. The number of fused-ring (bicyclic) bond motifs is 1. The Morgan fingerprint density at radius 2 is 1.95 bits per heavy atom. The second-order valence-corrected chi connectivity index (χ2v) is 16.5. The van der Waals surface area contributed by atoms with Gasteiger partial charge in [0.05, 0.1) is 25.6 Å². The summed E-state index contributed by atoms with van der Waals surface area (Å²) in [6.45, 7) is 6.74. The van der Waals surface area contributed by atoms with Gasteiger partial charge in [-0.3, -0.25) is 14.2 Å². The summed E-state index contributed by atoms with van der Waals surface area (Å²) >= 11 is 19.9. The number of aromatic nitrogens is 4. The van der Waals surface area contributed by atoms with E-state index in [-0.39, 0.29) is 47.4 Å². The Morgan fingerprint density at radius 3 is 2.57 bits per heavy atom. The third kappa shape index (κ3) is 8.43. The van der Waals surface area contributed by atoms with E-state index in [4.69, 9.17) is 65.0 Å². The number of hydrogen-bond acceptors (Lipinski definition) is 14. The standard InChI is InChI=1S/C23H36Cl2N7O7PS2/c1-11(2)38-18(34)12(3)31-40(41,36-7-8-42-20(35)22(4,5)6)37-9-13-15(33)23(24,25)19(39-13)32-10-28-14-16(26)29-21(27)30-17(14)32/h10-13,15,19,33H,7-9H2,1-6H3,(H,31,41)(H4,26,27,29,30)/t12-,13-,15-,19-,40?/m1/s1. The maximum Gasteiger partial charge on any atom is 0.323 e. The van der Waals surface area contributed by atoms with Crippen LogP contribution in [0.1, 0.15) is 47.8 Å². The molecule has 0 saturated carbocycles. The number of imidazole rings is 1. The molecule has 1 saturated heterocycles. The van der Waals surface area contributed by atoms with Gasteiger partial charge in [0.2, 0.25) is 5.95 Å². The lowest BCUT2D eigenvalue weighted by Crippen LogP contribution is -2.39. The number of hydrogen-bond donors (Lipinski definition) is 4. The Kier molecular flexibility index (Phi) is 11.5. The van der Waals surface area contributed by atoms with Crippen molar-refractivity contribution in [2.75, 3.05) is 30.4 Å². The van der Waals surface area contributed by atoms with Crippen LogP contribution < -0.4 is 16.6 Å². The topological polar surface area (TPSA) is 199 Å². The number of nitrogen functional groups attached to an aromatic ring is 2. The number of carbonyl (C=O) groups excluding carboxylic acids is 2. The number of rotatable bonds is 12. The number of esters is 1. The molecule has 3 heterocycles. The molecule has 0 aliphatic carbocycles. The van der Waals surface area contributed by atoms with Crippen molar-refractivity contribution >= 4 is 87.4 Å². The highest BCUT2D eigenvalue weighted by atomic mass is 35.5. The highest BCUT2D eigenvalue weighted by Gasteiger charge is 2.56. The van der Waals surface area contributed by atoms with Crippen LogP contribution in [0.3, 0.4) is 0 Å². The third-order valence-corrected chi connectivity index (χ3v) is 10.5. The second-order valence-electron chi connectivity index (χ2n) is 10.8. The summed E-state index contributed by atoms with van der Waals surface area (Å²) in [5, 5.41) is 13.9. The molecule has 1 fully saturated rings. The van der Waals surface area contributed by atoms with E-state index >= 15 is 0 Å². The van der Waals surface area contributed by atoms with Crippen molar-refractivity contribution in [2.24, 2.45) is 5.41 Å². The van der Waals surface area contributed by atoms with Gasteiger partial charge < -0.3 is 35.1 Å². The van der Waals surface area contributed by atoms with Crippen LogP contribution >= 0.6 is 41.6 Å². The molecule has 2 aromatic rings. The van der Waals surface area contributed by atoms with Crippen LogP contribution in [-0.4, -0.2) is 83.4 Å². The van der Waals surface area contributed by atoms with Crippen molar-refractivity contribution in [3.63, 3.8) is 0 Å². The Labute approximate surface area is 263 Å². The minimum absolute atomic E-state index is 0.0166. The van der Waals surface area contributed by atoms with Gasteiger partial charge in [0.1, 0.15) is 23.8 Å². The van der Waals surface area contributed by atoms with Crippen molar-refractivity contribution in [1.82, 2.24) is 24.6 Å². The third-order valence-electron chi connectivity index (χ3n) is 5.75. The molecule has 0 bridgehead atoms. The van der Waals surface area contributed by atoms with Crippen LogP contribution in [0.5, 0.6) is 0 Å². The van der Waals surface area contributed by atoms with Crippen molar-refractivity contribution in [1.29, 1.82) is 0 Å². The zero-order valence-corrected chi connectivity index (χ0v) is 28.0. The molecule has 0 spiro atoms. The molecule has 0 radical (unpaired) electrons. The molecule has 3 rings (SSSR count). The Bertz CT molecular complexity index is 1340. The number of thioether (sulfide) groups is 1. The number of aliphatic hydroxyl groups is 1. The highest BCUT2D eigenvalue weighted by molar-refractivity contribution is 8.13. The minimum atomic E-state index is -3.42. The van der Waals surface area contributed by atoms with Gasteiger partial charge in [-0.1, -0.05) is 55.7 Å². The molecule has 0 amide bonds. The molecule has 1 unspecified atom stereocenters. The van der Waals surface area contributed by atoms with E-state index in [0.29, 0.717) is 5.75 Å². The monoisotopic (exact) mass is 687 g/mol. The van der Waals surface area contributed by atoms with E-state index in [1.807, 2.05) is 20.8 Å². The van der Waals surface area contributed by atoms with E-state index in [1.54, 1.807) is 20.8 Å². The number of carbonyl (C=O) groups is 2. The van der Waals surface area contributed by atoms with Crippen LogP contribution in [-0.2, 0) is 39.9 Å². The van der Waals surface area contributed by atoms with E-state index in [0.717, 1.165) is 11.8 Å². The number of anilines is 2. The predicted octanol–water partition coefficient (Wildman–Crippen LogP) is 2.92. The number of nitrogens with zero attached hydrogens (tertiary/aromatic N) is 4. The largest absolute Gasteiger partial charge is 0.462 e. The zero-order valence-electron chi connectivity index (χ0n) is 23.9. The van der Waals surface area contributed by atoms with Crippen LogP contribution in [0.25, 0.3) is 11.2 Å². The number of aliphatic hydroxyl groups excluding tert-OH is 1. The molecule has 42 heavy (non-hydrogen) atoms. The van der Waals surface area contributed by atoms with Crippen molar-refractivity contribution in [3.8, 4) is 0 Å². The Morgan fingerprint density at radius 1 is 1.29 bits per heavy atom. The quantitative estimate of drug-likeness (QED) is 0.110. The van der Waals surface area contributed by atoms with Gasteiger partial charge in [0, 0.05) is 11.2 Å². The average molecular weight is 689 g/mol. The first-order chi connectivity index (χ1) is 19.4. The first-order valence-corrected chi connectivity index (χ1v) is 17.2. The van der Waals surface area contributed by atoms with Gasteiger partial charge in [-0.15, -0.1) is 0 Å². The fourth-order valence-corrected chi connectivity index (χ4v) is 7.51. The number of ether oxygens (including phenoxy) is 2. The van der Waals surface area contributed by atoms with Crippen LogP contribution in [0.2, 0.25) is 0 Å². The molecule has 0 aromatic carbocycles. The first kappa shape index (κ1) is 35.2. The lowest BCUT2D eigenvalue weighted by Gasteiger charge is -2.28. The number of halogens is 2. The zero-order chi connectivity index (χ0) is 31.6. The fraction of sp³-hybridized carbons (Fsp3) is 0.696. The van der Waals surface area contributed by atoms with Gasteiger partial charge in [0.25, 0.3) is 6.64 Å². The first-order valence-electron chi connectivity index (χ1n) is 12.9. The lowest BCUT2D eigenvalue weighted by molar-refractivity contribution is -0.149. The molecule has 2 aromatic heterocycles. The molecule has 6 N–H and O–H groups in total. The summed E-state index contributed by atoms with van der Waals surface area (Å²) in [6, 6.07) is -0.891. The number of nitrogens with two attached hydrogens (primary N) is 2. The van der Waals surface area contributed by atoms with Gasteiger partial charge >= 0.3 is 5.97 Å².